The fourth-order valence-electron chi connectivity index (χ4n) is 3.34. The van der Waals surface area contributed by atoms with Crippen molar-refractivity contribution in [2.24, 2.45) is 0 Å². The molecular weight excluding hydrogens is 342 g/mol. The molecule has 0 aliphatic carbocycles. The largest absolute Gasteiger partial charge is 0.497 e. The van der Waals surface area contributed by atoms with Gasteiger partial charge >= 0.3 is 0 Å². The molecule has 2 fully saturated rings. The van der Waals surface area contributed by atoms with Gasteiger partial charge in [-0.2, -0.15) is 17.4 Å². The Bertz CT molecular complexity index is 699. The summed E-state index contributed by atoms with van der Waals surface area (Å²) in [6.45, 7) is 2.16. The molecule has 25 heavy (non-hydrogen) atoms. The van der Waals surface area contributed by atoms with Crippen LogP contribution in [0.25, 0.3) is 0 Å². The zero-order chi connectivity index (χ0) is 17.9. The topological polar surface area (TPSA) is 79.0 Å². The SMILES string of the molecule is COc1ccc(CCN2CC(NS(=O)(=O)N3CCCC3)CC2=O)cc1. The predicted octanol–water partition coefficient (Wildman–Crippen LogP) is 0.769. The van der Waals surface area contributed by atoms with E-state index in [0.29, 0.717) is 26.2 Å². The number of carbonyl (C=O) groups excluding carboxylic acids is 1. The first kappa shape index (κ1) is 18.2. The van der Waals surface area contributed by atoms with Gasteiger partial charge in [0.25, 0.3) is 10.2 Å². The first-order chi connectivity index (χ1) is 12.0. The van der Waals surface area contributed by atoms with E-state index in [2.05, 4.69) is 4.72 Å². The van der Waals surface area contributed by atoms with Gasteiger partial charge in [-0.1, -0.05) is 12.1 Å². The van der Waals surface area contributed by atoms with Gasteiger partial charge in [-0.05, 0) is 37.0 Å². The molecule has 0 bridgehead atoms. The Hall–Kier alpha value is -1.64. The lowest BCUT2D eigenvalue weighted by atomic mass is 10.1. The first-order valence-electron chi connectivity index (χ1n) is 8.66. The molecule has 8 heteroatoms. The fraction of sp³-hybridized carbons (Fsp3) is 0.588. The summed E-state index contributed by atoms with van der Waals surface area (Å²) in [6, 6.07) is 7.41. The smallest absolute Gasteiger partial charge is 0.279 e. The van der Waals surface area contributed by atoms with E-state index in [-0.39, 0.29) is 18.4 Å². The van der Waals surface area contributed by atoms with E-state index in [4.69, 9.17) is 4.74 Å². The third kappa shape index (κ3) is 4.50. The molecule has 0 aromatic heterocycles. The zero-order valence-electron chi connectivity index (χ0n) is 14.5. The lowest BCUT2D eigenvalue weighted by molar-refractivity contribution is -0.127. The van der Waals surface area contributed by atoms with Crippen LogP contribution >= 0.6 is 0 Å². The molecular formula is C17H25N3O4S. The normalized spacial score (nSPS) is 21.9. The molecule has 1 amide bonds. The van der Waals surface area contributed by atoms with Gasteiger partial charge in [0.15, 0.2) is 0 Å². The molecule has 1 atom stereocenters. The van der Waals surface area contributed by atoms with Crippen LogP contribution in [0.2, 0.25) is 0 Å². The van der Waals surface area contributed by atoms with E-state index in [9.17, 15) is 13.2 Å². The van der Waals surface area contributed by atoms with Gasteiger partial charge < -0.3 is 9.64 Å². The van der Waals surface area contributed by atoms with Crippen molar-refractivity contribution < 1.29 is 17.9 Å². The van der Waals surface area contributed by atoms with Crippen LogP contribution in [0.4, 0.5) is 0 Å². The Morgan fingerprint density at radius 3 is 2.52 bits per heavy atom. The maximum atomic E-state index is 12.3. The third-order valence-electron chi connectivity index (χ3n) is 4.76. The summed E-state index contributed by atoms with van der Waals surface area (Å²) in [5.41, 5.74) is 1.12. The summed E-state index contributed by atoms with van der Waals surface area (Å²) < 4.78 is 33.9. The molecule has 1 N–H and O–H groups in total. The van der Waals surface area contributed by atoms with E-state index in [1.165, 1.54) is 4.31 Å². The fourth-order valence-corrected chi connectivity index (χ4v) is 4.80. The Labute approximate surface area is 149 Å². The summed E-state index contributed by atoms with van der Waals surface area (Å²) in [5.74, 6) is 0.806. The van der Waals surface area contributed by atoms with Crippen molar-refractivity contribution in [3.8, 4) is 5.75 Å². The van der Waals surface area contributed by atoms with Gasteiger partial charge in [0, 0.05) is 38.6 Å². The Kier molecular flexibility index (Phi) is 5.61. The van der Waals surface area contributed by atoms with Crippen LogP contribution < -0.4 is 9.46 Å². The molecule has 2 aliphatic heterocycles. The first-order valence-corrected chi connectivity index (χ1v) is 10.1. The van der Waals surface area contributed by atoms with Crippen LogP contribution in [0.15, 0.2) is 24.3 Å². The Morgan fingerprint density at radius 2 is 1.88 bits per heavy atom. The molecule has 2 heterocycles. The number of hydrogen-bond donors (Lipinski definition) is 1. The van der Waals surface area contributed by atoms with Crippen LogP contribution in [0.5, 0.6) is 5.75 Å². The number of methoxy groups -OCH3 is 1. The molecule has 1 aromatic rings. The monoisotopic (exact) mass is 367 g/mol. The standard InChI is InChI=1S/C17H25N3O4S/c1-24-16-6-4-14(5-7-16)8-11-19-13-15(12-17(19)21)18-25(22,23)20-9-2-3-10-20/h4-7,15,18H,2-3,8-13H2,1H3. The van der Waals surface area contributed by atoms with Crippen molar-refractivity contribution in [2.45, 2.75) is 31.7 Å². The average molecular weight is 367 g/mol. The second kappa shape index (κ2) is 7.72. The van der Waals surface area contributed by atoms with Crippen LogP contribution in [0.1, 0.15) is 24.8 Å². The van der Waals surface area contributed by atoms with E-state index in [1.54, 1.807) is 12.0 Å². The van der Waals surface area contributed by atoms with E-state index >= 15 is 0 Å². The van der Waals surface area contributed by atoms with Crippen molar-refractivity contribution in [1.29, 1.82) is 0 Å². The molecule has 7 nitrogen and oxygen atoms in total. The number of nitrogens with one attached hydrogen (secondary N) is 1. The molecule has 138 valence electrons. The van der Waals surface area contributed by atoms with E-state index in [0.717, 1.165) is 30.6 Å². The minimum atomic E-state index is -3.47. The molecule has 0 saturated carbocycles. The second-order valence-electron chi connectivity index (χ2n) is 6.57. The molecule has 1 aromatic carbocycles. The van der Waals surface area contributed by atoms with Crippen molar-refractivity contribution in [3.05, 3.63) is 29.8 Å². The average Bonchev–Trinajstić information content (AvgIpc) is 3.24. The van der Waals surface area contributed by atoms with Crippen molar-refractivity contribution >= 4 is 16.1 Å². The minimum Gasteiger partial charge on any atom is -0.497 e. The lowest BCUT2D eigenvalue weighted by Crippen LogP contribution is -2.45. The molecule has 2 aliphatic rings. The summed E-state index contributed by atoms with van der Waals surface area (Å²) in [5, 5.41) is 0. The number of carbonyl (C=O) groups is 1. The number of nitrogens with zero attached hydrogens (tertiary/aromatic N) is 2. The van der Waals surface area contributed by atoms with Crippen molar-refractivity contribution in [1.82, 2.24) is 13.9 Å². The van der Waals surface area contributed by atoms with Gasteiger partial charge in [0.2, 0.25) is 5.91 Å². The van der Waals surface area contributed by atoms with Gasteiger partial charge in [0.1, 0.15) is 5.75 Å². The van der Waals surface area contributed by atoms with Crippen LogP contribution in [0.3, 0.4) is 0 Å². The van der Waals surface area contributed by atoms with Gasteiger partial charge in [-0.25, -0.2) is 0 Å². The van der Waals surface area contributed by atoms with Crippen LogP contribution in [-0.4, -0.2) is 62.9 Å². The highest BCUT2D eigenvalue weighted by Gasteiger charge is 2.34. The number of ether oxygens (including phenoxy) is 1. The maximum absolute atomic E-state index is 12.3. The van der Waals surface area contributed by atoms with Gasteiger partial charge in [0.05, 0.1) is 7.11 Å². The number of hydrogen-bond acceptors (Lipinski definition) is 4. The van der Waals surface area contributed by atoms with Gasteiger partial charge in [-0.15, -0.1) is 0 Å². The Morgan fingerprint density at radius 1 is 1.20 bits per heavy atom. The zero-order valence-corrected chi connectivity index (χ0v) is 15.3. The maximum Gasteiger partial charge on any atom is 0.279 e. The number of likely N-dealkylation sites (tertiary alicyclic amines) is 1. The number of rotatable bonds is 7. The summed E-state index contributed by atoms with van der Waals surface area (Å²) in [4.78, 5) is 13.9. The number of amides is 1. The number of benzene rings is 1. The summed E-state index contributed by atoms with van der Waals surface area (Å²) in [6.07, 6.45) is 2.77. The predicted molar refractivity (Wildman–Crippen MR) is 94.5 cm³/mol. The lowest BCUT2D eigenvalue weighted by Gasteiger charge is -2.20. The van der Waals surface area contributed by atoms with Crippen molar-refractivity contribution in [3.63, 3.8) is 0 Å². The second-order valence-corrected chi connectivity index (χ2v) is 8.27. The highest BCUT2D eigenvalue weighted by atomic mass is 32.2. The Balaban J connectivity index is 1.51. The molecule has 3 rings (SSSR count). The molecule has 0 radical (unpaired) electrons. The molecule has 2 saturated heterocycles. The van der Waals surface area contributed by atoms with Crippen LogP contribution in [0, 0.1) is 0 Å². The molecule has 1 unspecified atom stereocenters. The van der Waals surface area contributed by atoms with E-state index in [1.807, 2.05) is 24.3 Å². The van der Waals surface area contributed by atoms with Gasteiger partial charge in [-0.3, -0.25) is 4.79 Å². The minimum absolute atomic E-state index is 0.00244. The highest BCUT2D eigenvalue weighted by Crippen LogP contribution is 2.17. The van der Waals surface area contributed by atoms with Crippen molar-refractivity contribution in [2.75, 3.05) is 33.3 Å². The quantitative estimate of drug-likeness (QED) is 0.772. The molecule has 0 spiro atoms. The highest BCUT2D eigenvalue weighted by molar-refractivity contribution is 7.87. The van der Waals surface area contributed by atoms with E-state index < -0.39 is 10.2 Å². The summed E-state index contributed by atoms with van der Waals surface area (Å²) >= 11 is 0. The van der Waals surface area contributed by atoms with Crippen LogP contribution in [-0.2, 0) is 21.4 Å². The summed E-state index contributed by atoms with van der Waals surface area (Å²) in [7, 11) is -1.85. The third-order valence-corrected chi connectivity index (χ3v) is 6.44.